The van der Waals surface area contributed by atoms with Crippen molar-refractivity contribution in [2.45, 2.75) is 63.5 Å². The number of hydrogen-bond donors (Lipinski definition) is 0. The van der Waals surface area contributed by atoms with Crippen LogP contribution in [-0.2, 0) is 12.0 Å². The number of halogens is 2. The molecule has 2 nitrogen and oxygen atoms in total. The van der Waals surface area contributed by atoms with Crippen LogP contribution in [0.25, 0.3) is 0 Å². The fourth-order valence-electron chi connectivity index (χ4n) is 4.67. The molecule has 0 saturated heterocycles. The maximum absolute atomic E-state index is 10.4. The average molecular weight is 429 g/mol. The summed E-state index contributed by atoms with van der Waals surface area (Å²) in [6, 6.07) is 19.4. The highest BCUT2D eigenvalue weighted by Crippen LogP contribution is 2.46. The molecular formula is C25H30Cl2N2. The lowest BCUT2D eigenvalue weighted by atomic mass is 9.67. The van der Waals surface area contributed by atoms with Gasteiger partial charge < -0.3 is 0 Å². The van der Waals surface area contributed by atoms with Crippen LogP contribution in [0.4, 0.5) is 0 Å². The van der Waals surface area contributed by atoms with E-state index in [1.165, 1.54) is 18.4 Å². The van der Waals surface area contributed by atoms with Crippen molar-refractivity contribution in [1.29, 1.82) is 5.26 Å². The molecule has 2 atom stereocenters. The summed E-state index contributed by atoms with van der Waals surface area (Å²) in [6.45, 7) is 3.17. The molecular weight excluding hydrogens is 399 g/mol. The number of nitriles is 1. The van der Waals surface area contributed by atoms with Crippen molar-refractivity contribution in [3.8, 4) is 6.07 Å². The van der Waals surface area contributed by atoms with Crippen molar-refractivity contribution in [1.82, 2.24) is 4.90 Å². The molecule has 0 spiro atoms. The van der Waals surface area contributed by atoms with E-state index >= 15 is 0 Å². The summed E-state index contributed by atoms with van der Waals surface area (Å²) in [6.07, 6.45) is 6.45. The first-order chi connectivity index (χ1) is 14.0. The topological polar surface area (TPSA) is 27.0 Å². The van der Waals surface area contributed by atoms with Crippen LogP contribution in [0, 0.1) is 17.2 Å². The Labute approximate surface area is 185 Å². The minimum Gasteiger partial charge on any atom is -0.299 e. The van der Waals surface area contributed by atoms with Crippen molar-refractivity contribution in [2.24, 2.45) is 5.92 Å². The van der Waals surface area contributed by atoms with Gasteiger partial charge in [-0.15, -0.1) is 0 Å². The lowest BCUT2D eigenvalue weighted by Crippen LogP contribution is -2.36. The van der Waals surface area contributed by atoms with E-state index in [2.05, 4.69) is 49.2 Å². The number of benzene rings is 2. The van der Waals surface area contributed by atoms with Crippen molar-refractivity contribution in [3.63, 3.8) is 0 Å². The zero-order valence-corrected chi connectivity index (χ0v) is 18.9. The van der Waals surface area contributed by atoms with Gasteiger partial charge >= 0.3 is 0 Å². The number of rotatable bonds is 8. The Balaban J connectivity index is 1.78. The lowest BCUT2D eigenvalue weighted by Gasteiger charge is -2.36. The van der Waals surface area contributed by atoms with Gasteiger partial charge in [0.1, 0.15) is 0 Å². The smallest absolute Gasteiger partial charge is 0.0851 e. The largest absolute Gasteiger partial charge is 0.299 e. The van der Waals surface area contributed by atoms with Gasteiger partial charge in [0.25, 0.3) is 0 Å². The van der Waals surface area contributed by atoms with Crippen LogP contribution >= 0.6 is 23.2 Å². The zero-order chi connectivity index (χ0) is 20.9. The number of hydrogen-bond acceptors (Lipinski definition) is 2. The van der Waals surface area contributed by atoms with E-state index in [0.717, 1.165) is 37.8 Å². The molecule has 0 bridgehead atoms. The second kappa shape index (κ2) is 9.98. The molecule has 1 aliphatic rings. The molecule has 2 aromatic rings. The van der Waals surface area contributed by atoms with Crippen molar-refractivity contribution in [3.05, 3.63) is 69.7 Å². The van der Waals surface area contributed by atoms with E-state index in [0.29, 0.717) is 22.0 Å². The van der Waals surface area contributed by atoms with E-state index in [1.807, 2.05) is 24.3 Å². The van der Waals surface area contributed by atoms with Crippen molar-refractivity contribution < 1.29 is 0 Å². The molecule has 0 aromatic heterocycles. The number of nitrogens with zero attached hydrogens (tertiary/aromatic N) is 2. The van der Waals surface area contributed by atoms with Gasteiger partial charge in [-0.05, 0) is 68.8 Å². The highest BCUT2D eigenvalue weighted by atomic mass is 35.5. The molecule has 0 N–H and O–H groups in total. The van der Waals surface area contributed by atoms with Gasteiger partial charge in [-0.3, -0.25) is 4.90 Å². The SMILES string of the molecule is CC(CCC(C#N)(c1ccc(Cl)c(Cl)c1)C1CCCC1)N(C)Cc1ccccc1. The third-order valence-corrected chi connectivity index (χ3v) is 7.41. The lowest BCUT2D eigenvalue weighted by molar-refractivity contribution is 0.211. The van der Waals surface area contributed by atoms with Gasteiger partial charge in [-0.2, -0.15) is 5.26 Å². The third-order valence-electron chi connectivity index (χ3n) is 6.67. The van der Waals surface area contributed by atoms with E-state index in [4.69, 9.17) is 23.2 Å². The Kier molecular flexibility index (Phi) is 7.63. The first-order valence-electron chi connectivity index (χ1n) is 10.6. The van der Waals surface area contributed by atoms with E-state index in [1.54, 1.807) is 0 Å². The van der Waals surface area contributed by atoms with E-state index < -0.39 is 5.41 Å². The molecule has 0 amide bonds. The monoisotopic (exact) mass is 428 g/mol. The Morgan fingerprint density at radius 1 is 1.10 bits per heavy atom. The Morgan fingerprint density at radius 2 is 1.79 bits per heavy atom. The van der Waals surface area contributed by atoms with E-state index in [-0.39, 0.29) is 0 Å². The first-order valence-corrected chi connectivity index (χ1v) is 11.3. The van der Waals surface area contributed by atoms with Crippen LogP contribution in [0.5, 0.6) is 0 Å². The highest BCUT2D eigenvalue weighted by Gasteiger charge is 2.42. The molecule has 4 heteroatoms. The fraction of sp³-hybridized carbons (Fsp3) is 0.480. The second-order valence-electron chi connectivity index (χ2n) is 8.48. The predicted molar refractivity (Wildman–Crippen MR) is 122 cm³/mol. The fourth-order valence-corrected chi connectivity index (χ4v) is 4.97. The molecule has 29 heavy (non-hydrogen) atoms. The van der Waals surface area contributed by atoms with Gasteiger partial charge in [0, 0.05) is 12.6 Å². The second-order valence-corrected chi connectivity index (χ2v) is 9.30. The summed E-state index contributed by atoms with van der Waals surface area (Å²) in [4.78, 5) is 2.38. The van der Waals surface area contributed by atoms with Crippen LogP contribution in [0.3, 0.4) is 0 Å². The molecule has 0 aliphatic heterocycles. The minimum absolute atomic E-state index is 0.382. The van der Waals surface area contributed by atoms with Gasteiger partial charge in [-0.25, -0.2) is 0 Å². The normalized spacial score (nSPS) is 17.8. The summed E-state index contributed by atoms with van der Waals surface area (Å²) in [5.74, 6) is 0.386. The molecule has 154 valence electrons. The third kappa shape index (κ3) is 5.15. The van der Waals surface area contributed by atoms with Crippen LogP contribution in [0.2, 0.25) is 10.0 Å². The maximum Gasteiger partial charge on any atom is 0.0851 e. The van der Waals surface area contributed by atoms with Gasteiger partial charge in [0.2, 0.25) is 0 Å². The Morgan fingerprint density at radius 3 is 2.41 bits per heavy atom. The summed E-state index contributed by atoms with van der Waals surface area (Å²) in [7, 11) is 2.17. The van der Waals surface area contributed by atoms with Crippen LogP contribution in [0.1, 0.15) is 56.6 Å². The summed E-state index contributed by atoms with van der Waals surface area (Å²) in [5, 5.41) is 11.5. The summed E-state index contributed by atoms with van der Waals surface area (Å²) < 4.78 is 0. The van der Waals surface area contributed by atoms with Crippen molar-refractivity contribution in [2.75, 3.05) is 7.05 Å². The molecule has 1 fully saturated rings. The zero-order valence-electron chi connectivity index (χ0n) is 17.4. The van der Waals surface area contributed by atoms with Crippen molar-refractivity contribution >= 4 is 23.2 Å². The van der Waals surface area contributed by atoms with E-state index in [9.17, 15) is 5.26 Å². The quantitative estimate of drug-likeness (QED) is 0.442. The maximum atomic E-state index is 10.4. The predicted octanol–water partition coefficient (Wildman–Crippen LogP) is 7.25. The first kappa shape index (κ1) is 22.2. The van der Waals surface area contributed by atoms with Crippen LogP contribution in [0.15, 0.2) is 48.5 Å². The molecule has 2 unspecified atom stereocenters. The average Bonchev–Trinajstić information content (AvgIpc) is 3.27. The molecule has 1 saturated carbocycles. The Bertz CT molecular complexity index is 840. The summed E-state index contributed by atoms with van der Waals surface area (Å²) in [5.41, 5.74) is 1.85. The standard InChI is InChI=1S/C25H30Cl2N2/c1-19(29(2)17-20-8-4-3-5-9-20)14-15-25(18-28,21-10-6-7-11-21)22-12-13-23(26)24(27)16-22/h3-5,8-9,12-13,16,19,21H,6-7,10-11,14-15,17H2,1-2H3. The molecule has 3 rings (SSSR count). The van der Waals surface area contributed by atoms with Crippen LogP contribution in [-0.4, -0.2) is 18.0 Å². The summed E-state index contributed by atoms with van der Waals surface area (Å²) >= 11 is 12.5. The minimum atomic E-state index is -0.493. The molecule has 0 radical (unpaired) electrons. The molecule has 0 heterocycles. The molecule has 2 aromatic carbocycles. The van der Waals surface area contributed by atoms with Gasteiger partial charge in [0.15, 0.2) is 0 Å². The Hall–Kier alpha value is -1.53. The van der Waals surface area contributed by atoms with Gasteiger partial charge in [-0.1, -0.05) is 72.4 Å². The highest BCUT2D eigenvalue weighted by molar-refractivity contribution is 6.42. The van der Waals surface area contributed by atoms with Crippen LogP contribution < -0.4 is 0 Å². The molecule has 1 aliphatic carbocycles. The van der Waals surface area contributed by atoms with Gasteiger partial charge in [0.05, 0.1) is 21.5 Å².